The molecule has 3 nitrogen and oxygen atoms in total. The summed E-state index contributed by atoms with van der Waals surface area (Å²) >= 11 is 3.26. The molecule has 0 radical (unpaired) electrons. The minimum absolute atomic E-state index is 0.126. The molecule has 0 aliphatic heterocycles. The van der Waals surface area contributed by atoms with E-state index in [1.54, 1.807) is 14.0 Å². The first kappa shape index (κ1) is 13.5. The third kappa shape index (κ3) is 2.98. The first-order chi connectivity index (χ1) is 7.23. The van der Waals surface area contributed by atoms with Gasteiger partial charge in [0, 0.05) is 7.05 Å². The Hall–Kier alpha value is -0.560. The molecule has 1 aromatic rings. The Kier molecular flexibility index (Phi) is 4.01. The molecular formula is C9H12BrF3N2O. The molecule has 0 amide bonds. The molecule has 16 heavy (non-hydrogen) atoms. The molecule has 0 bridgehead atoms. The number of halogens is 4. The predicted molar refractivity (Wildman–Crippen MR) is 56.0 cm³/mol. The lowest BCUT2D eigenvalue weighted by molar-refractivity contribution is -0.217. The summed E-state index contributed by atoms with van der Waals surface area (Å²) in [6.07, 6.45) is -6.12. The zero-order valence-electron chi connectivity index (χ0n) is 9.10. The first-order valence-electron chi connectivity index (χ1n) is 4.59. The molecule has 1 heterocycles. The van der Waals surface area contributed by atoms with Gasteiger partial charge in [0.15, 0.2) is 6.10 Å². The average molecular weight is 301 g/mol. The lowest BCUT2D eigenvalue weighted by Crippen LogP contribution is -2.28. The summed E-state index contributed by atoms with van der Waals surface area (Å²) in [5.74, 6) is 0. The Balaban J connectivity index is 2.68. The second-order valence-electron chi connectivity index (χ2n) is 3.46. The van der Waals surface area contributed by atoms with Crippen LogP contribution in [0.15, 0.2) is 4.47 Å². The quantitative estimate of drug-likeness (QED) is 0.858. The maximum atomic E-state index is 12.2. The van der Waals surface area contributed by atoms with Crippen LogP contribution in [0, 0.1) is 6.92 Å². The largest absolute Gasteiger partial charge is 0.414 e. The molecule has 1 unspecified atom stereocenters. The lowest BCUT2D eigenvalue weighted by atomic mass is 10.3. The molecule has 0 aromatic carbocycles. The number of alkyl halides is 3. The predicted octanol–water partition coefficient (Wildman–Crippen LogP) is 2.96. The number of nitrogens with zero attached hydrogens (tertiary/aromatic N) is 2. The minimum atomic E-state index is -4.33. The van der Waals surface area contributed by atoms with Crippen molar-refractivity contribution < 1.29 is 17.9 Å². The third-order valence-electron chi connectivity index (χ3n) is 2.19. The van der Waals surface area contributed by atoms with E-state index in [1.807, 2.05) is 0 Å². The van der Waals surface area contributed by atoms with E-state index in [0.717, 1.165) is 12.6 Å². The van der Waals surface area contributed by atoms with Gasteiger partial charge in [0.1, 0.15) is 0 Å². The maximum absolute atomic E-state index is 12.2. The van der Waals surface area contributed by atoms with E-state index in [1.165, 1.54) is 4.68 Å². The van der Waals surface area contributed by atoms with E-state index < -0.39 is 12.3 Å². The van der Waals surface area contributed by atoms with Gasteiger partial charge in [0.25, 0.3) is 0 Å². The highest BCUT2D eigenvalue weighted by Crippen LogP contribution is 2.25. The summed E-state index contributed by atoms with van der Waals surface area (Å²) in [6.45, 7) is 2.62. The van der Waals surface area contributed by atoms with Crippen molar-refractivity contribution in [2.24, 2.45) is 7.05 Å². The molecular weight excluding hydrogens is 289 g/mol. The first-order valence-corrected chi connectivity index (χ1v) is 5.39. The average Bonchev–Trinajstić information content (AvgIpc) is 2.37. The van der Waals surface area contributed by atoms with Gasteiger partial charge in [-0.2, -0.15) is 18.3 Å². The summed E-state index contributed by atoms with van der Waals surface area (Å²) < 4.78 is 43.5. The van der Waals surface area contributed by atoms with Crippen molar-refractivity contribution in [2.45, 2.75) is 32.7 Å². The monoisotopic (exact) mass is 300 g/mol. The molecule has 0 aliphatic rings. The Labute approximate surface area is 99.7 Å². The molecule has 0 N–H and O–H groups in total. The normalized spacial score (nSPS) is 14.2. The maximum Gasteiger partial charge on any atom is 0.414 e. The second kappa shape index (κ2) is 4.75. The molecule has 0 spiro atoms. The Morgan fingerprint density at radius 1 is 1.50 bits per heavy atom. The van der Waals surface area contributed by atoms with Gasteiger partial charge in [-0.25, -0.2) is 0 Å². The number of aryl methyl sites for hydroxylation is 2. The smallest absolute Gasteiger partial charge is 0.363 e. The van der Waals surface area contributed by atoms with Crippen molar-refractivity contribution in [1.82, 2.24) is 9.78 Å². The van der Waals surface area contributed by atoms with E-state index in [4.69, 9.17) is 4.74 Å². The number of ether oxygens (including phenoxy) is 1. The van der Waals surface area contributed by atoms with Crippen molar-refractivity contribution in [3.8, 4) is 0 Å². The van der Waals surface area contributed by atoms with Crippen LogP contribution in [-0.2, 0) is 18.4 Å². The van der Waals surface area contributed by atoms with Gasteiger partial charge < -0.3 is 4.74 Å². The third-order valence-corrected chi connectivity index (χ3v) is 3.22. The fourth-order valence-electron chi connectivity index (χ4n) is 1.14. The molecule has 0 fully saturated rings. The van der Waals surface area contributed by atoms with E-state index >= 15 is 0 Å². The molecule has 1 rings (SSSR count). The molecule has 0 saturated carbocycles. The molecule has 0 saturated heterocycles. The zero-order chi connectivity index (χ0) is 12.5. The van der Waals surface area contributed by atoms with Crippen LogP contribution in [-0.4, -0.2) is 22.1 Å². The molecule has 1 aromatic heterocycles. The number of hydrogen-bond acceptors (Lipinski definition) is 2. The molecule has 0 aliphatic carbocycles. The van der Waals surface area contributed by atoms with Gasteiger partial charge >= 0.3 is 6.18 Å². The Morgan fingerprint density at radius 3 is 2.44 bits per heavy atom. The summed E-state index contributed by atoms with van der Waals surface area (Å²) in [6, 6.07) is 0. The highest BCUT2D eigenvalue weighted by atomic mass is 79.9. The van der Waals surface area contributed by atoms with Gasteiger partial charge in [-0.05, 0) is 29.8 Å². The summed E-state index contributed by atoms with van der Waals surface area (Å²) in [7, 11) is 1.66. The standard InChI is InChI=1S/C9H12BrF3N2O/c1-5-8(10)7(15(3)14-5)4-16-6(2)9(11,12)13/h6H,4H2,1-3H3. The van der Waals surface area contributed by atoms with Crippen LogP contribution in [0.1, 0.15) is 18.3 Å². The van der Waals surface area contributed by atoms with Crippen LogP contribution >= 0.6 is 15.9 Å². The van der Waals surface area contributed by atoms with Crippen LogP contribution in [0.4, 0.5) is 13.2 Å². The van der Waals surface area contributed by atoms with Crippen LogP contribution in [0.25, 0.3) is 0 Å². The number of rotatable bonds is 3. The Bertz CT molecular complexity index is 376. The van der Waals surface area contributed by atoms with E-state index in [0.29, 0.717) is 10.2 Å². The van der Waals surface area contributed by atoms with Crippen LogP contribution in [0.5, 0.6) is 0 Å². The van der Waals surface area contributed by atoms with Crippen molar-refractivity contribution in [3.63, 3.8) is 0 Å². The molecule has 1 atom stereocenters. The molecule has 7 heteroatoms. The minimum Gasteiger partial charge on any atom is -0.363 e. The van der Waals surface area contributed by atoms with Crippen molar-refractivity contribution in [1.29, 1.82) is 0 Å². The zero-order valence-corrected chi connectivity index (χ0v) is 10.7. The molecule has 92 valence electrons. The van der Waals surface area contributed by atoms with E-state index in [9.17, 15) is 13.2 Å². The van der Waals surface area contributed by atoms with Crippen molar-refractivity contribution in [3.05, 3.63) is 15.9 Å². The van der Waals surface area contributed by atoms with Gasteiger partial charge in [-0.1, -0.05) is 0 Å². The summed E-state index contributed by atoms with van der Waals surface area (Å²) in [4.78, 5) is 0. The SMILES string of the molecule is Cc1nn(C)c(COC(C)C(F)(F)F)c1Br. The highest BCUT2D eigenvalue weighted by Gasteiger charge is 2.37. The van der Waals surface area contributed by atoms with Crippen LogP contribution < -0.4 is 0 Å². The van der Waals surface area contributed by atoms with Gasteiger partial charge in [-0.3, -0.25) is 4.68 Å². The lowest BCUT2D eigenvalue weighted by Gasteiger charge is -2.16. The van der Waals surface area contributed by atoms with Gasteiger partial charge in [-0.15, -0.1) is 0 Å². The summed E-state index contributed by atoms with van der Waals surface area (Å²) in [5, 5.41) is 4.06. The van der Waals surface area contributed by atoms with Gasteiger partial charge in [0.2, 0.25) is 0 Å². The number of hydrogen-bond donors (Lipinski definition) is 0. The number of aromatic nitrogens is 2. The van der Waals surface area contributed by atoms with E-state index in [-0.39, 0.29) is 6.61 Å². The summed E-state index contributed by atoms with van der Waals surface area (Å²) in [5.41, 5.74) is 1.31. The van der Waals surface area contributed by atoms with Crippen LogP contribution in [0.2, 0.25) is 0 Å². The Morgan fingerprint density at radius 2 is 2.06 bits per heavy atom. The van der Waals surface area contributed by atoms with Gasteiger partial charge in [0.05, 0.1) is 22.5 Å². The second-order valence-corrected chi connectivity index (χ2v) is 4.26. The van der Waals surface area contributed by atoms with Crippen molar-refractivity contribution in [2.75, 3.05) is 0 Å². The van der Waals surface area contributed by atoms with Crippen molar-refractivity contribution >= 4 is 15.9 Å². The van der Waals surface area contributed by atoms with E-state index in [2.05, 4.69) is 21.0 Å². The fourth-order valence-corrected chi connectivity index (χ4v) is 1.59. The highest BCUT2D eigenvalue weighted by molar-refractivity contribution is 9.10. The topological polar surface area (TPSA) is 27.1 Å². The fraction of sp³-hybridized carbons (Fsp3) is 0.667. The van der Waals surface area contributed by atoms with Crippen LogP contribution in [0.3, 0.4) is 0 Å².